The summed E-state index contributed by atoms with van der Waals surface area (Å²) in [6, 6.07) is 8.35. The van der Waals surface area contributed by atoms with Crippen LogP contribution in [0, 0.1) is 17.5 Å². The Morgan fingerprint density at radius 3 is 2.34 bits per heavy atom. The van der Waals surface area contributed by atoms with Crippen molar-refractivity contribution in [1.82, 2.24) is 15.0 Å². The van der Waals surface area contributed by atoms with Crippen LogP contribution in [0.1, 0.15) is 12.7 Å². The van der Waals surface area contributed by atoms with Gasteiger partial charge in [0.25, 0.3) is 10.0 Å². The Kier molecular flexibility index (Phi) is 6.77. The number of aryl methyl sites for hydroxylation is 1. The molecule has 0 saturated carbocycles. The number of nitrogens with one attached hydrogen (secondary N) is 1. The number of aromatic nitrogens is 3. The summed E-state index contributed by atoms with van der Waals surface area (Å²) < 4.78 is 71.2. The zero-order valence-corrected chi connectivity index (χ0v) is 20.5. The summed E-state index contributed by atoms with van der Waals surface area (Å²) in [5, 5.41) is 0.575. The van der Waals surface area contributed by atoms with Crippen molar-refractivity contribution in [3.05, 3.63) is 71.9 Å². The summed E-state index contributed by atoms with van der Waals surface area (Å²) in [5.41, 5.74) is 0.300. The molecule has 0 aliphatic rings. The Bertz CT molecular complexity index is 1490. The van der Waals surface area contributed by atoms with E-state index in [9.17, 15) is 17.2 Å². The number of hydrogen-bond acceptors (Lipinski definition) is 7. The molecule has 0 saturated heterocycles. The van der Waals surface area contributed by atoms with Crippen molar-refractivity contribution >= 4 is 32.2 Å². The number of benzene rings is 2. The van der Waals surface area contributed by atoms with Crippen LogP contribution in [0.2, 0.25) is 0 Å². The highest BCUT2D eigenvalue weighted by Gasteiger charge is 2.27. The molecule has 0 atom stereocenters. The first-order valence-electron chi connectivity index (χ1n) is 10.4. The molecule has 0 radical (unpaired) electrons. The van der Waals surface area contributed by atoms with Gasteiger partial charge in [-0.15, -0.1) is 0 Å². The molecule has 4 aromatic rings. The molecule has 0 spiro atoms. The first-order chi connectivity index (χ1) is 16.6. The lowest BCUT2D eigenvalue weighted by atomic mass is 10.1. The molecule has 2 aromatic heterocycles. The molecule has 0 aliphatic carbocycles. The molecule has 2 aromatic carbocycles. The molecule has 0 amide bonds. The fourth-order valence-corrected chi connectivity index (χ4v) is 5.45. The van der Waals surface area contributed by atoms with Crippen LogP contribution in [-0.2, 0) is 16.4 Å². The van der Waals surface area contributed by atoms with Crippen molar-refractivity contribution in [2.75, 3.05) is 23.7 Å². The third kappa shape index (κ3) is 4.84. The Balaban J connectivity index is 1.83. The van der Waals surface area contributed by atoms with E-state index in [4.69, 9.17) is 0 Å². The smallest absolute Gasteiger partial charge is 0.267 e. The molecule has 0 unspecified atom stereocenters. The Labute approximate surface area is 204 Å². The first-order valence-corrected chi connectivity index (χ1v) is 12.7. The van der Waals surface area contributed by atoms with E-state index in [-0.39, 0.29) is 11.3 Å². The van der Waals surface area contributed by atoms with E-state index in [2.05, 4.69) is 15.0 Å². The summed E-state index contributed by atoms with van der Waals surface area (Å²) in [4.78, 5) is 14.4. The predicted molar refractivity (Wildman–Crippen MR) is 129 cm³/mol. The van der Waals surface area contributed by atoms with Gasteiger partial charge in [0.1, 0.15) is 17.5 Å². The lowest BCUT2D eigenvalue weighted by Crippen LogP contribution is -2.17. The van der Waals surface area contributed by atoms with Crippen molar-refractivity contribution in [2.45, 2.75) is 18.2 Å². The van der Waals surface area contributed by atoms with Crippen LogP contribution < -0.4 is 9.62 Å². The highest BCUT2D eigenvalue weighted by atomic mass is 32.2. The van der Waals surface area contributed by atoms with Gasteiger partial charge < -0.3 is 4.90 Å². The van der Waals surface area contributed by atoms with Crippen LogP contribution in [0.5, 0.6) is 0 Å². The van der Waals surface area contributed by atoms with Crippen LogP contribution in [-0.4, -0.2) is 37.5 Å². The SMILES string of the molecule is CCc1nccc(-c2sc(N(C)C)nc2-c2cccc(NS(=O)(=O)c3c(F)cccc3F)c2F)n1. The number of halogens is 3. The molecule has 35 heavy (non-hydrogen) atoms. The van der Waals surface area contributed by atoms with Gasteiger partial charge in [-0.1, -0.05) is 30.4 Å². The first kappa shape index (κ1) is 24.6. The average Bonchev–Trinajstić information content (AvgIpc) is 3.26. The van der Waals surface area contributed by atoms with Crippen LogP contribution in [0.25, 0.3) is 21.8 Å². The zero-order chi connectivity index (χ0) is 25.3. The van der Waals surface area contributed by atoms with Gasteiger partial charge >= 0.3 is 0 Å². The maximum Gasteiger partial charge on any atom is 0.267 e. The van der Waals surface area contributed by atoms with Crippen LogP contribution >= 0.6 is 11.3 Å². The molecule has 1 N–H and O–H groups in total. The monoisotopic (exact) mass is 519 g/mol. The van der Waals surface area contributed by atoms with E-state index in [0.29, 0.717) is 27.9 Å². The summed E-state index contributed by atoms with van der Waals surface area (Å²) >= 11 is 1.28. The van der Waals surface area contributed by atoms with E-state index >= 15 is 4.39 Å². The lowest BCUT2D eigenvalue weighted by molar-refractivity contribution is 0.521. The number of anilines is 2. The topological polar surface area (TPSA) is 88.1 Å². The summed E-state index contributed by atoms with van der Waals surface area (Å²) in [6.45, 7) is 1.91. The number of nitrogens with zero attached hydrogens (tertiary/aromatic N) is 4. The minimum Gasteiger partial charge on any atom is -0.354 e. The number of thiazole rings is 1. The van der Waals surface area contributed by atoms with E-state index in [0.717, 1.165) is 24.3 Å². The Morgan fingerprint density at radius 1 is 1.00 bits per heavy atom. The van der Waals surface area contributed by atoms with Crippen molar-refractivity contribution in [3.8, 4) is 21.8 Å². The van der Waals surface area contributed by atoms with E-state index in [1.807, 2.05) is 11.6 Å². The second kappa shape index (κ2) is 9.62. The maximum atomic E-state index is 15.7. The molecule has 4 rings (SSSR count). The Hall–Kier alpha value is -3.51. The zero-order valence-electron chi connectivity index (χ0n) is 18.9. The lowest BCUT2D eigenvalue weighted by Gasteiger charge is -2.12. The van der Waals surface area contributed by atoms with Gasteiger partial charge in [0.15, 0.2) is 15.8 Å². The molecule has 0 fully saturated rings. The van der Waals surface area contributed by atoms with Gasteiger partial charge in [0.05, 0.1) is 22.0 Å². The summed E-state index contributed by atoms with van der Waals surface area (Å²) in [7, 11) is -1.19. The van der Waals surface area contributed by atoms with Crippen LogP contribution in [0.3, 0.4) is 0 Å². The fraction of sp³-hybridized carbons (Fsp3) is 0.174. The maximum absolute atomic E-state index is 15.7. The van der Waals surface area contributed by atoms with E-state index in [1.54, 1.807) is 31.3 Å². The highest BCUT2D eigenvalue weighted by Crippen LogP contribution is 2.41. The van der Waals surface area contributed by atoms with Gasteiger partial charge in [-0.25, -0.2) is 36.5 Å². The van der Waals surface area contributed by atoms with Crippen molar-refractivity contribution in [1.29, 1.82) is 0 Å². The van der Waals surface area contributed by atoms with Gasteiger partial charge in [0.2, 0.25) is 0 Å². The summed E-state index contributed by atoms with van der Waals surface area (Å²) in [6.07, 6.45) is 2.20. The number of rotatable bonds is 7. The van der Waals surface area contributed by atoms with Gasteiger partial charge in [0, 0.05) is 32.3 Å². The van der Waals surface area contributed by atoms with Crippen molar-refractivity contribution < 1.29 is 21.6 Å². The molecular formula is C23H20F3N5O2S2. The molecule has 12 heteroatoms. The Morgan fingerprint density at radius 2 is 1.69 bits per heavy atom. The largest absolute Gasteiger partial charge is 0.354 e. The van der Waals surface area contributed by atoms with Crippen molar-refractivity contribution in [2.24, 2.45) is 0 Å². The third-order valence-electron chi connectivity index (χ3n) is 4.94. The average molecular weight is 520 g/mol. The van der Waals surface area contributed by atoms with Crippen LogP contribution in [0.15, 0.2) is 53.6 Å². The standard InChI is InChI=1S/C23H20F3N5O2S2/c1-4-18-27-12-11-17(28-18)21-20(29-23(34-21)31(2)3)13-7-5-10-16(19(13)26)30-35(32,33)22-14(24)8-6-9-15(22)25/h5-12,30H,4H2,1-3H3. The quantitative estimate of drug-likeness (QED) is 0.365. The minimum atomic E-state index is -4.76. The molecule has 2 heterocycles. The van der Waals surface area contributed by atoms with Crippen molar-refractivity contribution in [3.63, 3.8) is 0 Å². The predicted octanol–water partition coefficient (Wildman–Crippen LogP) is 5.11. The van der Waals surface area contributed by atoms with E-state index < -0.39 is 38.1 Å². The molecular weight excluding hydrogens is 499 g/mol. The van der Waals surface area contributed by atoms with Crippen LogP contribution in [0.4, 0.5) is 24.0 Å². The fourth-order valence-electron chi connectivity index (χ4n) is 3.28. The van der Waals surface area contributed by atoms with E-state index in [1.165, 1.54) is 23.5 Å². The number of hydrogen-bond donors (Lipinski definition) is 1. The number of sulfonamides is 1. The molecule has 0 bridgehead atoms. The molecule has 7 nitrogen and oxygen atoms in total. The van der Waals surface area contributed by atoms with Gasteiger partial charge in [-0.2, -0.15) is 0 Å². The van der Waals surface area contributed by atoms with Gasteiger partial charge in [-0.3, -0.25) is 4.72 Å². The van der Waals surface area contributed by atoms with Gasteiger partial charge in [-0.05, 0) is 30.3 Å². The minimum absolute atomic E-state index is 0.00443. The second-order valence-corrected chi connectivity index (χ2v) is 10.2. The highest BCUT2D eigenvalue weighted by molar-refractivity contribution is 7.92. The second-order valence-electron chi connectivity index (χ2n) is 7.60. The summed E-state index contributed by atoms with van der Waals surface area (Å²) in [5.74, 6) is -2.93. The normalized spacial score (nSPS) is 11.5. The third-order valence-corrected chi connectivity index (χ3v) is 7.60. The molecule has 0 aliphatic heterocycles. The molecule has 182 valence electrons.